The van der Waals surface area contributed by atoms with Crippen LogP contribution in [0.1, 0.15) is 23.6 Å². The van der Waals surface area contributed by atoms with Gasteiger partial charge in [-0.25, -0.2) is 8.42 Å². The predicted octanol–water partition coefficient (Wildman–Crippen LogP) is 1.51. The Labute approximate surface area is 99.1 Å². The quantitative estimate of drug-likeness (QED) is 0.833. The van der Waals surface area contributed by atoms with Crippen LogP contribution in [0.25, 0.3) is 0 Å². The first-order valence-corrected chi connectivity index (χ1v) is 6.96. The molecule has 0 atom stereocenters. The van der Waals surface area contributed by atoms with Crippen molar-refractivity contribution in [3.05, 3.63) is 28.8 Å². The number of aryl methyl sites for hydroxylation is 1. The zero-order valence-electron chi connectivity index (χ0n) is 8.70. The van der Waals surface area contributed by atoms with E-state index in [0.29, 0.717) is 12.0 Å². The van der Waals surface area contributed by atoms with Gasteiger partial charge in [0, 0.05) is 22.8 Å². The van der Waals surface area contributed by atoms with Crippen molar-refractivity contribution >= 4 is 19.7 Å². The lowest BCUT2D eigenvalue weighted by molar-refractivity contribution is 0.608. The highest BCUT2D eigenvalue weighted by atomic mass is 35.7. The highest BCUT2D eigenvalue weighted by molar-refractivity contribution is 8.13. The molecule has 16 heavy (non-hydrogen) atoms. The summed E-state index contributed by atoms with van der Waals surface area (Å²) in [6.45, 7) is 1.85. The molecule has 0 saturated heterocycles. The number of nitrogens with two attached hydrogens (primary N) is 1. The van der Waals surface area contributed by atoms with E-state index in [-0.39, 0.29) is 17.0 Å². The van der Waals surface area contributed by atoms with E-state index in [0.717, 1.165) is 5.56 Å². The molecule has 0 radical (unpaired) electrons. The van der Waals surface area contributed by atoms with E-state index in [2.05, 4.69) is 0 Å². The van der Waals surface area contributed by atoms with Crippen molar-refractivity contribution < 1.29 is 8.42 Å². The van der Waals surface area contributed by atoms with Crippen LogP contribution >= 0.6 is 10.7 Å². The summed E-state index contributed by atoms with van der Waals surface area (Å²) in [7, 11) is 1.41. The molecule has 0 aliphatic carbocycles. The largest absolute Gasteiger partial charge is 0.326 e. The second kappa shape index (κ2) is 4.83. The van der Waals surface area contributed by atoms with Crippen LogP contribution in [-0.4, -0.2) is 8.42 Å². The van der Waals surface area contributed by atoms with Crippen LogP contribution in [0.4, 0.5) is 0 Å². The standard InChI is InChI=1S/C10H11ClN2O2S/c1-2-7-3-4-10(16(11,14)15)9(6-13)8(7)5-12/h3-4H,2,6,13H2,1H3. The number of rotatable bonds is 3. The molecular weight excluding hydrogens is 248 g/mol. The van der Waals surface area contributed by atoms with Gasteiger partial charge in [-0.2, -0.15) is 5.26 Å². The molecule has 0 unspecified atom stereocenters. The lowest BCUT2D eigenvalue weighted by Gasteiger charge is -2.10. The molecule has 1 aromatic carbocycles. The summed E-state index contributed by atoms with van der Waals surface area (Å²) >= 11 is 0. The molecule has 1 aromatic rings. The van der Waals surface area contributed by atoms with Crippen LogP contribution in [-0.2, 0) is 22.0 Å². The highest BCUT2D eigenvalue weighted by Crippen LogP contribution is 2.25. The molecule has 0 amide bonds. The molecule has 4 nitrogen and oxygen atoms in total. The van der Waals surface area contributed by atoms with E-state index in [1.54, 1.807) is 6.07 Å². The summed E-state index contributed by atoms with van der Waals surface area (Å²) in [6.07, 6.45) is 0.637. The van der Waals surface area contributed by atoms with Crippen molar-refractivity contribution in [3.63, 3.8) is 0 Å². The summed E-state index contributed by atoms with van der Waals surface area (Å²) in [5.41, 5.74) is 6.84. The zero-order chi connectivity index (χ0) is 12.3. The van der Waals surface area contributed by atoms with Gasteiger partial charge in [-0.1, -0.05) is 13.0 Å². The summed E-state index contributed by atoms with van der Waals surface area (Å²) in [6, 6.07) is 4.96. The summed E-state index contributed by atoms with van der Waals surface area (Å²) < 4.78 is 22.6. The molecule has 6 heteroatoms. The third-order valence-corrected chi connectivity index (χ3v) is 3.72. The number of benzene rings is 1. The number of hydrogen-bond donors (Lipinski definition) is 1. The van der Waals surface area contributed by atoms with Gasteiger partial charge in [0.2, 0.25) is 0 Å². The summed E-state index contributed by atoms with van der Waals surface area (Å²) in [4.78, 5) is -0.0783. The minimum Gasteiger partial charge on any atom is -0.326 e. The van der Waals surface area contributed by atoms with Gasteiger partial charge in [-0.05, 0) is 18.1 Å². The fourth-order valence-electron chi connectivity index (χ4n) is 1.54. The number of nitrogens with zero attached hydrogens (tertiary/aromatic N) is 1. The van der Waals surface area contributed by atoms with Gasteiger partial charge in [0.05, 0.1) is 16.5 Å². The summed E-state index contributed by atoms with van der Waals surface area (Å²) in [5, 5.41) is 9.01. The molecule has 0 bridgehead atoms. The van der Waals surface area contributed by atoms with E-state index in [9.17, 15) is 8.42 Å². The molecule has 86 valence electrons. The van der Waals surface area contributed by atoms with Crippen LogP contribution in [0.15, 0.2) is 17.0 Å². The van der Waals surface area contributed by atoms with Gasteiger partial charge in [0.15, 0.2) is 0 Å². The average molecular weight is 259 g/mol. The minimum atomic E-state index is -3.86. The Morgan fingerprint density at radius 2 is 2.12 bits per heavy atom. The smallest absolute Gasteiger partial charge is 0.261 e. The van der Waals surface area contributed by atoms with Gasteiger partial charge >= 0.3 is 0 Å². The van der Waals surface area contributed by atoms with Crippen LogP contribution in [0.3, 0.4) is 0 Å². The first-order chi connectivity index (χ1) is 7.45. The Kier molecular flexibility index (Phi) is 3.92. The van der Waals surface area contributed by atoms with Crippen LogP contribution < -0.4 is 5.73 Å². The average Bonchev–Trinajstić information content (AvgIpc) is 2.25. The fraction of sp³-hybridized carbons (Fsp3) is 0.300. The molecule has 0 saturated carbocycles. The Morgan fingerprint density at radius 1 is 1.50 bits per heavy atom. The van der Waals surface area contributed by atoms with E-state index in [1.807, 2.05) is 13.0 Å². The van der Waals surface area contributed by atoms with Gasteiger partial charge in [0.1, 0.15) is 0 Å². The maximum Gasteiger partial charge on any atom is 0.261 e. The maximum absolute atomic E-state index is 11.3. The van der Waals surface area contributed by atoms with Crippen LogP contribution in [0.2, 0.25) is 0 Å². The van der Waals surface area contributed by atoms with Gasteiger partial charge in [-0.3, -0.25) is 0 Å². The fourth-order valence-corrected chi connectivity index (χ4v) is 2.69. The van der Waals surface area contributed by atoms with E-state index in [4.69, 9.17) is 21.7 Å². The third-order valence-electron chi connectivity index (χ3n) is 2.32. The lowest BCUT2D eigenvalue weighted by atomic mass is 10.0. The summed E-state index contributed by atoms with van der Waals surface area (Å²) in [5.74, 6) is 0. The Morgan fingerprint density at radius 3 is 2.50 bits per heavy atom. The van der Waals surface area contributed by atoms with Crippen molar-refractivity contribution in [1.82, 2.24) is 0 Å². The number of hydrogen-bond acceptors (Lipinski definition) is 4. The topological polar surface area (TPSA) is 83.9 Å². The highest BCUT2D eigenvalue weighted by Gasteiger charge is 2.19. The van der Waals surface area contributed by atoms with Gasteiger partial charge in [-0.15, -0.1) is 0 Å². The second-order valence-electron chi connectivity index (χ2n) is 3.18. The molecule has 0 aliphatic heterocycles. The Bertz CT molecular complexity index is 547. The molecule has 0 fully saturated rings. The van der Waals surface area contributed by atoms with Crippen molar-refractivity contribution in [2.45, 2.75) is 24.8 Å². The molecule has 0 spiro atoms. The van der Waals surface area contributed by atoms with Crippen molar-refractivity contribution in [2.75, 3.05) is 0 Å². The zero-order valence-corrected chi connectivity index (χ0v) is 10.3. The van der Waals surface area contributed by atoms with Crippen LogP contribution in [0.5, 0.6) is 0 Å². The molecule has 0 heterocycles. The van der Waals surface area contributed by atoms with Crippen molar-refractivity contribution in [1.29, 1.82) is 5.26 Å². The minimum absolute atomic E-state index is 0.0297. The molecule has 0 aliphatic rings. The Hall–Kier alpha value is -1.09. The normalized spacial score (nSPS) is 11.1. The van der Waals surface area contributed by atoms with Gasteiger partial charge in [0.25, 0.3) is 9.05 Å². The van der Waals surface area contributed by atoms with Crippen LogP contribution in [0, 0.1) is 11.3 Å². The second-order valence-corrected chi connectivity index (χ2v) is 5.72. The molecule has 0 aromatic heterocycles. The van der Waals surface area contributed by atoms with Gasteiger partial charge < -0.3 is 5.73 Å². The van der Waals surface area contributed by atoms with E-state index >= 15 is 0 Å². The first kappa shape index (κ1) is 13.0. The van der Waals surface area contributed by atoms with E-state index < -0.39 is 9.05 Å². The third kappa shape index (κ3) is 2.35. The number of halogens is 1. The molecular formula is C10H11ClN2O2S. The molecule has 2 N–H and O–H groups in total. The SMILES string of the molecule is CCc1ccc(S(=O)(=O)Cl)c(CN)c1C#N. The monoisotopic (exact) mass is 258 g/mol. The lowest BCUT2D eigenvalue weighted by Crippen LogP contribution is -2.08. The molecule has 1 rings (SSSR count). The maximum atomic E-state index is 11.3. The number of nitriles is 1. The predicted molar refractivity (Wildman–Crippen MR) is 61.5 cm³/mol. The van der Waals surface area contributed by atoms with E-state index in [1.165, 1.54) is 6.07 Å². The Balaban J connectivity index is 3.65. The van der Waals surface area contributed by atoms with Crippen molar-refractivity contribution in [3.8, 4) is 6.07 Å². The first-order valence-electron chi connectivity index (χ1n) is 4.65. The van der Waals surface area contributed by atoms with Crippen molar-refractivity contribution in [2.24, 2.45) is 5.73 Å².